The van der Waals surface area contributed by atoms with Crippen molar-refractivity contribution in [2.24, 2.45) is 5.92 Å². The molecule has 0 spiro atoms. The van der Waals surface area contributed by atoms with E-state index in [1.165, 1.54) is 0 Å². The molecule has 2 unspecified atom stereocenters. The van der Waals surface area contributed by atoms with Crippen molar-refractivity contribution in [3.8, 4) is 0 Å². The van der Waals surface area contributed by atoms with Crippen LogP contribution in [0.15, 0.2) is 18.2 Å². The Morgan fingerprint density at radius 3 is 2.84 bits per heavy atom. The molecule has 19 heavy (non-hydrogen) atoms. The zero-order valence-electron chi connectivity index (χ0n) is 11.3. The number of nitrogens with one attached hydrogen (secondary N) is 1. The van der Waals surface area contributed by atoms with Gasteiger partial charge in [-0.05, 0) is 37.5 Å². The zero-order valence-corrected chi connectivity index (χ0v) is 12.1. The Bertz CT molecular complexity index is 478. The average Bonchev–Trinajstić information content (AvgIpc) is 2.61. The number of carbonyl (C=O) groups is 1. The Kier molecular flexibility index (Phi) is 4.32. The molecule has 1 fully saturated rings. The number of benzene rings is 1. The number of amides is 1. The summed E-state index contributed by atoms with van der Waals surface area (Å²) in [6.45, 7) is 5.76. The molecule has 2 atom stereocenters. The Morgan fingerprint density at radius 2 is 2.26 bits per heavy atom. The monoisotopic (exact) mass is 281 g/mol. The first-order valence-electron chi connectivity index (χ1n) is 6.54. The van der Waals surface area contributed by atoms with E-state index in [1.807, 2.05) is 0 Å². The van der Waals surface area contributed by atoms with Gasteiger partial charge in [-0.3, -0.25) is 9.69 Å². The highest BCUT2D eigenvalue weighted by Gasteiger charge is 2.27. The summed E-state index contributed by atoms with van der Waals surface area (Å²) in [5, 5.41) is 3.30. The molecule has 5 heteroatoms. The van der Waals surface area contributed by atoms with Crippen molar-refractivity contribution in [2.45, 2.75) is 26.3 Å². The second-order valence-corrected chi connectivity index (χ2v) is 5.81. The standard InChI is InChI=1S/C14H20ClN3O/c1-9-5-10(2)18(7-9)8-14(19)17-13-4-3-11(16)6-12(13)15/h3-4,6,9-10H,5,7-8,16H2,1-2H3,(H,17,19). The molecule has 1 aliphatic rings. The Balaban J connectivity index is 1.94. The third-order valence-electron chi connectivity index (χ3n) is 3.53. The molecule has 1 aromatic rings. The average molecular weight is 282 g/mol. The lowest BCUT2D eigenvalue weighted by atomic mass is 10.1. The van der Waals surface area contributed by atoms with Crippen LogP contribution >= 0.6 is 11.6 Å². The molecule has 0 saturated carbocycles. The Hall–Kier alpha value is -1.26. The largest absolute Gasteiger partial charge is 0.399 e. The van der Waals surface area contributed by atoms with E-state index in [4.69, 9.17) is 17.3 Å². The maximum Gasteiger partial charge on any atom is 0.238 e. The molecule has 1 aromatic carbocycles. The summed E-state index contributed by atoms with van der Waals surface area (Å²) in [6, 6.07) is 5.55. The van der Waals surface area contributed by atoms with Crippen LogP contribution in [0.25, 0.3) is 0 Å². The predicted octanol–water partition coefficient (Wildman–Crippen LogP) is 2.59. The molecule has 0 bridgehead atoms. The molecule has 3 N–H and O–H groups in total. The highest BCUT2D eigenvalue weighted by Crippen LogP contribution is 2.25. The predicted molar refractivity (Wildman–Crippen MR) is 79.3 cm³/mol. The van der Waals surface area contributed by atoms with Crippen LogP contribution in [-0.2, 0) is 4.79 Å². The molecule has 4 nitrogen and oxygen atoms in total. The van der Waals surface area contributed by atoms with Crippen molar-refractivity contribution in [2.75, 3.05) is 24.1 Å². The van der Waals surface area contributed by atoms with Gasteiger partial charge in [0.2, 0.25) is 5.91 Å². The van der Waals surface area contributed by atoms with E-state index < -0.39 is 0 Å². The van der Waals surface area contributed by atoms with E-state index in [0.717, 1.165) is 13.0 Å². The number of nitrogens with two attached hydrogens (primary N) is 1. The van der Waals surface area contributed by atoms with Gasteiger partial charge in [-0.25, -0.2) is 0 Å². The molecule has 1 heterocycles. The van der Waals surface area contributed by atoms with Crippen LogP contribution in [-0.4, -0.2) is 29.9 Å². The second-order valence-electron chi connectivity index (χ2n) is 5.41. The number of carbonyl (C=O) groups excluding carboxylic acids is 1. The number of nitrogens with zero attached hydrogens (tertiary/aromatic N) is 1. The summed E-state index contributed by atoms with van der Waals surface area (Å²) in [5.74, 6) is 0.621. The summed E-state index contributed by atoms with van der Waals surface area (Å²) < 4.78 is 0. The lowest BCUT2D eigenvalue weighted by molar-refractivity contribution is -0.117. The van der Waals surface area contributed by atoms with Crippen LogP contribution in [0, 0.1) is 5.92 Å². The van der Waals surface area contributed by atoms with Gasteiger partial charge >= 0.3 is 0 Å². The van der Waals surface area contributed by atoms with Crippen LogP contribution in [0.3, 0.4) is 0 Å². The highest BCUT2D eigenvalue weighted by atomic mass is 35.5. The number of hydrogen-bond donors (Lipinski definition) is 2. The van der Waals surface area contributed by atoms with E-state index >= 15 is 0 Å². The maximum atomic E-state index is 12.0. The number of halogens is 1. The molecule has 1 amide bonds. The lowest BCUT2D eigenvalue weighted by Gasteiger charge is -2.20. The highest BCUT2D eigenvalue weighted by molar-refractivity contribution is 6.34. The van der Waals surface area contributed by atoms with Crippen molar-refractivity contribution in [1.82, 2.24) is 4.90 Å². The fourth-order valence-corrected chi connectivity index (χ4v) is 2.85. The van der Waals surface area contributed by atoms with Crippen molar-refractivity contribution in [3.63, 3.8) is 0 Å². The third-order valence-corrected chi connectivity index (χ3v) is 3.84. The maximum absolute atomic E-state index is 12.0. The van der Waals surface area contributed by atoms with E-state index in [9.17, 15) is 4.79 Å². The van der Waals surface area contributed by atoms with E-state index in [-0.39, 0.29) is 5.91 Å². The first kappa shape index (κ1) is 14.2. The molecule has 0 radical (unpaired) electrons. The Labute approximate surface area is 118 Å². The Morgan fingerprint density at radius 1 is 1.53 bits per heavy atom. The molecular weight excluding hydrogens is 262 g/mol. The second kappa shape index (κ2) is 5.80. The summed E-state index contributed by atoms with van der Waals surface area (Å²) in [4.78, 5) is 14.2. The fraction of sp³-hybridized carbons (Fsp3) is 0.500. The molecule has 1 aliphatic heterocycles. The number of hydrogen-bond acceptors (Lipinski definition) is 3. The summed E-state index contributed by atoms with van der Waals surface area (Å²) in [6.07, 6.45) is 1.15. The zero-order chi connectivity index (χ0) is 14.0. The van der Waals surface area contributed by atoms with Gasteiger partial charge < -0.3 is 11.1 Å². The third kappa shape index (κ3) is 3.61. The molecule has 1 saturated heterocycles. The number of rotatable bonds is 3. The molecule has 0 aliphatic carbocycles. The first-order chi connectivity index (χ1) is 8.95. The van der Waals surface area contributed by atoms with E-state index in [2.05, 4.69) is 24.1 Å². The van der Waals surface area contributed by atoms with Gasteiger partial charge in [0.1, 0.15) is 0 Å². The number of likely N-dealkylation sites (tertiary alicyclic amines) is 1. The van der Waals surface area contributed by atoms with Crippen molar-refractivity contribution in [1.29, 1.82) is 0 Å². The SMILES string of the molecule is CC1CC(C)N(CC(=O)Nc2ccc(N)cc2Cl)C1. The van der Waals surface area contributed by atoms with Gasteiger partial charge in [-0.2, -0.15) is 0 Å². The van der Waals surface area contributed by atoms with Gasteiger partial charge in [-0.1, -0.05) is 18.5 Å². The molecular formula is C14H20ClN3O. The van der Waals surface area contributed by atoms with Crippen LogP contribution in [0.1, 0.15) is 20.3 Å². The smallest absolute Gasteiger partial charge is 0.238 e. The van der Waals surface area contributed by atoms with Crippen LogP contribution in [0.5, 0.6) is 0 Å². The van der Waals surface area contributed by atoms with Crippen LogP contribution in [0.4, 0.5) is 11.4 Å². The van der Waals surface area contributed by atoms with Gasteiger partial charge in [0.25, 0.3) is 0 Å². The first-order valence-corrected chi connectivity index (χ1v) is 6.92. The van der Waals surface area contributed by atoms with Crippen molar-refractivity contribution >= 4 is 28.9 Å². The van der Waals surface area contributed by atoms with Crippen LogP contribution in [0.2, 0.25) is 5.02 Å². The van der Waals surface area contributed by atoms with Gasteiger partial charge in [0, 0.05) is 18.3 Å². The minimum Gasteiger partial charge on any atom is -0.399 e. The van der Waals surface area contributed by atoms with Crippen LogP contribution < -0.4 is 11.1 Å². The van der Waals surface area contributed by atoms with Gasteiger partial charge in [0.15, 0.2) is 0 Å². The molecule has 0 aromatic heterocycles. The van der Waals surface area contributed by atoms with Gasteiger partial charge in [-0.15, -0.1) is 0 Å². The lowest BCUT2D eigenvalue weighted by Crippen LogP contribution is -2.35. The summed E-state index contributed by atoms with van der Waals surface area (Å²) in [5.41, 5.74) is 6.82. The van der Waals surface area contributed by atoms with E-state index in [1.54, 1.807) is 18.2 Å². The topological polar surface area (TPSA) is 58.4 Å². The minimum absolute atomic E-state index is 0.0346. The number of nitrogen functional groups attached to an aromatic ring is 1. The minimum atomic E-state index is -0.0346. The number of anilines is 2. The fourth-order valence-electron chi connectivity index (χ4n) is 2.61. The quantitative estimate of drug-likeness (QED) is 0.837. The normalized spacial score (nSPS) is 23.5. The van der Waals surface area contributed by atoms with Gasteiger partial charge in [0.05, 0.1) is 17.3 Å². The van der Waals surface area contributed by atoms with Crippen molar-refractivity contribution in [3.05, 3.63) is 23.2 Å². The van der Waals surface area contributed by atoms with Crippen molar-refractivity contribution < 1.29 is 4.79 Å². The summed E-state index contributed by atoms with van der Waals surface area (Å²) in [7, 11) is 0. The molecule has 2 rings (SSSR count). The molecule has 104 valence electrons. The summed E-state index contributed by atoms with van der Waals surface area (Å²) >= 11 is 6.03. The van der Waals surface area contributed by atoms with E-state index in [0.29, 0.717) is 34.9 Å².